The third kappa shape index (κ3) is 4.20. The molecule has 1 aliphatic heterocycles. The summed E-state index contributed by atoms with van der Waals surface area (Å²) in [6.07, 6.45) is 1.25. The van der Waals surface area contributed by atoms with Crippen molar-refractivity contribution >= 4 is 21.6 Å². The zero-order chi connectivity index (χ0) is 20.3. The second-order valence-corrected chi connectivity index (χ2v) is 8.68. The number of hydrogen-bond acceptors (Lipinski definition) is 6. The highest BCUT2D eigenvalue weighted by atomic mass is 32.2. The lowest BCUT2D eigenvalue weighted by Gasteiger charge is -2.31. The Morgan fingerprint density at radius 1 is 1.32 bits per heavy atom. The van der Waals surface area contributed by atoms with Gasteiger partial charge in [-0.05, 0) is 57.9 Å². The Hall–Kier alpha value is -2.39. The predicted octanol–water partition coefficient (Wildman–Crippen LogP) is 2.73. The van der Waals surface area contributed by atoms with Gasteiger partial charge in [0, 0.05) is 18.8 Å². The van der Waals surface area contributed by atoms with E-state index in [1.807, 2.05) is 6.92 Å². The largest absolute Gasteiger partial charge is 0.494 e. The van der Waals surface area contributed by atoms with Crippen LogP contribution in [-0.2, 0) is 14.8 Å². The van der Waals surface area contributed by atoms with E-state index in [0.717, 1.165) is 5.75 Å². The number of rotatable bonds is 6. The minimum atomic E-state index is -3.75. The van der Waals surface area contributed by atoms with Gasteiger partial charge in [0.2, 0.25) is 15.9 Å². The summed E-state index contributed by atoms with van der Waals surface area (Å²) in [5, 5.41) is 6.60. The highest BCUT2D eigenvalue weighted by molar-refractivity contribution is 7.89. The van der Waals surface area contributed by atoms with Gasteiger partial charge in [-0.15, -0.1) is 0 Å². The minimum Gasteiger partial charge on any atom is -0.494 e. The van der Waals surface area contributed by atoms with Gasteiger partial charge < -0.3 is 14.6 Å². The Bertz CT molecular complexity index is 917. The van der Waals surface area contributed by atoms with Gasteiger partial charge >= 0.3 is 0 Å². The number of nitrogens with one attached hydrogen (secondary N) is 1. The van der Waals surface area contributed by atoms with E-state index in [4.69, 9.17) is 9.26 Å². The summed E-state index contributed by atoms with van der Waals surface area (Å²) in [7, 11) is -3.75. The first-order valence-corrected chi connectivity index (χ1v) is 10.7. The second kappa shape index (κ2) is 8.32. The lowest BCUT2D eigenvalue weighted by atomic mass is 9.99. The Balaban J connectivity index is 1.69. The van der Waals surface area contributed by atoms with Crippen molar-refractivity contribution < 1.29 is 22.5 Å². The molecule has 8 nitrogen and oxygen atoms in total. The normalized spacial score (nSPS) is 18.0. The first-order chi connectivity index (χ1) is 13.3. The van der Waals surface area contributed by atoms with Crippen molar-refractivity contribution in [3.05, 3.63) is 35.7 Å². The van der Waals surface area contributed by atoms with Crippen molar-refractivity contribution in [1.29, 1.82) is 0 Å². The molecule has 2 heterocycles. The maximum atomic E-state index is 13.0. The SMILES string of the molecule is CCOc1ccc(NC(=O)[C@@H]2CCCN(S(=O)(=O)c3c(C)noc3C)C2)cc1. The van der Waals surface area contributed by atoms with Crippen molar-refractivity contribution in [2.24, 2.45) is 5.92 Å². The summed E-state index contributed by atoms with van der Waals surface area (Å²) in [5.41, 5.74) is 0.984. The van der Waals surface area contributed by atoms with Crippen molar-refractivity contribution in [2.45, 2.75) is 38.5 Å². The molecule has 28 heavy (non-hydrogen) atoms. The van der Waals surface area contributed by atoms with Crippen LogP contribution in [0.2, 0.25) is 0 Å². The quantitative estimate of drug-likeness (QED) is 0.790. The molecule has 9 heteroatoms. The molecule has 2 aromatic rings. The fourth-order valence-corrected chi connectivity index (χ4v) is 5.21. The zero-order valence-corrected chi connectivity index (χ0v) is 17.1. The molecule has 0 aliphatic carbocycles. The molecular formula is C19H25N3O5S. The highest BCUT2D eigenvalue weighted by Crippen LogP contribution is 2.28. The monoisotopic (exact) mass is 407 g/mol. The Kier molecular flexibility index (Phi) is 6.04. The third-order valence-electron chi connectivity index (χ3n) is 4.75. The van der Waals surface area contributed by atoms with Gasteiger partial charge in [-0.3, -0.25) is 4.79 Å². The number of aryl methyl sites for hydroxylation is 2. The van der Waals surface area contributed by atoms with E-state index in [9.17, 15) is 13.2 Å². The third-order valence-corrected chi connectivity index (χ3v) is 6.86. The fourth-order valence-electron chi connectivity index (χ4n) is 3.39. The molecule has 1 amide bonds. The molecule has 1 N–H and O–H groups in total. The second-order valence-electron chi connectivity index (χ2n) is 6.80. The van der Waals surface area contributed by atoms with Gasteiger partial charge in [0.05, 0.1) is 12.5 Å². The lowest BCUT2D eigenvalue weighted by Crippen LogP contribution is -2.43. The van der Waals surface area contributed by atoms with Crippen LogP contribution in [0.15, 0.2) is 33.7 Å². The van der Waals surface area contributed by atoms with Crippen molar-refractivity contribution in [3.63, 3.8) is 0 Å². The van der Waals surface area contributed by atoms with Crippen molar-refractivity contribution in [3.8, 4) is 5.75 Å². The van der Waals surface area contributed by atoms with Gasteiger partial charge in [0.1, 0.15) is 16.3 Å². The van der Waals surface area contributed by atoms with E-state index in [2.05, 4.69) is 10.5 Å². The predicted molar refractivity (Wildman–Crippen MR) is 104 cm³/mol. The molecular weight excluding hydrogens is 382 g/mol. The van der Waals surface area contributed by atoms with Crippen LogP contribution < -0.4 is 10.1 Å². The summed E-state index contributed by atoms with van der Waals surface area (Å²) in [6.45, 7) is 6.16. The summed E-state index contributed by atoms with van der Waals surface area (Å²) >= 11 is 0. The number of carbonyl (C=O) groups is 1. The van der Waals surface area contributed by atoms with E-state index in [1.54, 1.807) is 38.1 Å². The van der Waals surface area contributed by atoms with Crippen LogP contribution in [0.4, 0.5) is 5.69 Å². The Labute approximate surface area is 164 Å². The molecule has 1 aliphatic rings. The molecule has 0 bridgehead atoms. The van der Waals surface area contributed by atoms with Crippen LogP contribution in [0.1, 0.15) is 31.2 Å². The van der Waals surface area contributed by atoms with E-state index < -0.39 is 15.9 Å². The van der Waals surface area contributed by atoms with Gasteiger partial charge in [-0.2, -0.15) is 4.31 Å². The van der Waals surface area contributed by atoms with Gasteiger partial charge in [-0.25, -0.2) is 8.42 Å². The number of carbonyl (C=O) groups excluding carboxylic acids is 1. The van der Waals surface area contributed by atoms with E-state index in [-0.39, 0.29) is 23.1 Å². The maximum absolute atomic E-state index is 13.0. The van der Waals surface area contributed by atoms with Crippen LogP contribution in [0, 0.1) is 19.8 Å². The summed E-state index contributed by atoms with van der Waals surface area (Å²) < 4.78 is 37.7. The maximum Gasteiger partial charge on any atom is 0.248 e. The minimum absolute atomic E-state index is 0.0973. The van der Waals surface area contributed by atoms with Crippen molar-refractivity contribution in [2.75, 3.05) is 25.0 Å². The number of piperidine rings is 1. The standard InChI is InChI=1S/C19H25N3O5S/c1-4-26-17-9-7-16(8-10-17)20-19(23)15-6-5-11-22(12-15)28(24,25)18-13(2)21-27-14(18)3/h7-10,15H,4-6,11-12H2,1-3H3,(H,20,23)/t15-/m1/s1. The number of anilines is 1. The summed E-state index contributed by atoms with van der Waals surface area (Å²) in [4.78, 5) is 12.8. The molecule has 3 rings (SSSR count). The Morgan fingerprint density at radius 3 is 2.64 bits per heavy atom. The smallest absolute Gasteiger partial charge is 0.248 e. The fraction of sp³-hybridized carbons (Fsp3) is 0.474. The van der Waals surface area contributed by atoms with E-state index in [0.29, 0.717) is 37.4 Å². The first-order valence-electron chi connectivity index (χ1n) is 9.29. The molecule has 1 aromatic carbocycles. The van der Waals surface area contributed by atoms with Crippen LogP contribution in [0.25, 0.3) is 0 Å². The average molecular weight is 407 g/mol. The van der Waals surface area contributed by atoms with Crippen molar-refractivity contribution in [1.82, 2.24) is 9.46 Å². The molecule has 1 atom stereocenters. The molecule has 1 fully saturated rings. The zero-order valence-electron chi connectivity index (χ0n) is 16.3. The van der Waals surface area contributed by atoms with E-state index >= 15 is 0 Å². The van der Waals surface area contributed by atoms with Crippen LogP contribution in [0.3, 0.4) is 0 Å². The molecule has 0 radical (unpaired) electrons. The summed E-state index contributed by atoms with van der Waals surface area (Å²) in [5.74, 6) is 0.381. The van der Waals surface area contributed by atoms with E-state index in [1.165, 1.54) is 4.31 Å². The molecule has 1 aromatic heterocycles. The average Bonchev–Trinajstić information content (AvgIpc) is 3.02. The number of amides is 1. The van der Waals surface area contributed by atoms with Crippen LogP contribution in [-0.4, -0.2) is 43.5 Å². The number of benzene rings is 1. The van der Waals surface area contributed by atoms with Gasteiger partial charge in [0.15, 0.2) is 5.76 Å². The number of sulfonamides is 1. The molecule has 152 valence electrons. The highest BCUT2D eigenvalue weighted by Gasteiger charge is 2.36. The summed E-state index contributed by atoms with van der Waals surface area (Å²) in [6, 6.07) is 7.11. The first kappa shape index (κ1) is 20.3. The number of ether oxygens (including phenoxy) is 1. The molecule has 1 saturated heterocycles. The van der Waals surface area contributed by atoms with Crippen LogP contribution in [0.5, 0.6) is 5.75 Å². The number of nitrogens with zero attached hydrogens (tertiary/aromatic N) is 2. The lowest BCUT2D eigenvalue weighted by molar-refractivity contribution is -0.120. The Morgan fingerprint density at radius 2 is 2.04 bits per heavy atom. The molecule has 0 saturated carbocycles. The number of aromatic nitrogens is 1. The van der Waals surface area contributed by atoms with Gasteiger partial charge in [-0.1, -0.05) is 5.16 Å². The van der Waals surface area contributed by atoms with Gasteiger partial charge in [0.25, 0.3) is 0 Å². The number of hydrogen-bond donors (Lipinski definition) is 1. The molecule has 0 spiro atoms. The molecule has 0 unspecified atom stereocenters. The topological polar surface area (TPSA) is 102 Å². The van der Waals surface area contributed by atoms with Crippen LogP contribution >= 0.6 is 0 Å².